The van der Waals surface area contributed by atoms with Gasteiger partial charge in [-0.3, -0.25) is 9.89 Å². The summed E-state index contributed by atoms with van der Waals surface area (Å²) in [5.74, 6) is -0.155. The number of aliphatic hydroxyl groups excluding tert-OH is 1. The standard InChI is InChI=1S/C14H23N3O3/c1-4-5-10-6-11(16-15-10)14(19)17-7-12(18)13(8-17)20-9(2)3/h6,9,12-13,18H,4-5,7-8H2,1-3H3,(H,15,16)/t12-,13-/m0/s1. The molecule has 0 bridgehead atoms. The highest BCUT2D eigenvalue weighted by Gasteiger charge is 2.36. The lowest BCUT2D eigenvalue weighted by molar-refractivity contribution is -0.0394. The van der Waals surface area contributed by atoms with E-state index < -0.39 is 6.10 Å². The molecule has 1 aromatic rings. The number of likely N-dealkylation sites (tertiary alicyclic amines) is 1. The topological polar surface area (TPSA) is 78.5 Å². The molecule has 0 spiro atoms. The molecule has 0 radical (unpaired) electrons. The molecular weight excluding hydrogens is 258 g/mol. The Labute approximate surface area is 119 Å². The molecule has 6 heteroatoms. The van der Waals surface area contributed by atoms with Gasteiger partial charge in [-0.2, -0.15) is 5.10 Å². The normalized spacial score (nSPS) is 22.8. The van der Waals surface area contributed by atoms with Crippen molar-refractivity contribution in [3.8, 4) is 0 Å². The Morgan fingerprint density at radius 1 is 1.60 bits per heavy atom. The summed E-state index contributed by atoms with van der Waals surface area (Å²) < 4.78 is 5.61. The summed E-state index contributed by atoms with van der Waals surface area (Å²) in [7, 11) is 0. The molecule has 1 aliphatic heterocycles. The Bertz CT molecular complexity index is 458. The second-order valence-corrected chi connectivity index (χ2v) is 5.53. The number of hydrogen-bond acceptors (Lipinski definition) is 4. The summed E-state index contributed by atoms with van der Waals surface area (Å²) >= 11 is 0. The van der Waals surface area contributed by atoms with Crippen molar-refractivity contribution in [2.45, 2.75) is 51.9 Å². The number of hydrogen-bond donors (Lipinski definition) is 2. The molecule has 0 unspecified atom stereocenters. The van der Waals surface area contributed by atoms with Gasteiger partial charge in [0.25, 0.3) is 5.91 Å². The zero-order chi connectivity index (χ0) is 14.7. The van der Waals surface area contributed by atoms with Gasteiger partial charge in [-0.1, -0.05) is 13.3 Å². The molecule has 0 aromatic carbocycles. The molecule has 1 aliphatic rings. The SMILES string of the molecule is CCCc1cc(C(=O)N2C[C@H](OC(C)C)[C@@H](O)C2)n[nH]1. The number of nitrogens with zero attached hydrogens (tertiary/aromatic N) is 2. The molecule has 2 heterocycles. The first kappa shape index (κ1) is 15.0. The largest absolute Gasteiger partial charge is 0.388 e. The number of ether oxygens (including phenoxy) is 1. The van der Waals surface area contributed by atoms with E-state index in [9.17, 15) is 9.90 Å². The molecule has 112 valence electrons. The minimum absolute atomic E-state index is 0.0336. The van der Waals surface area contributed by atoms with Crippen LogP contribution in [-0.2, 0) is 11.2 Å². The van der Waals surface area contributed by atoms with Crippen LogP contribution in [0.2, 0.25) is 0 Å². The average molecular weight is 281 g/mol. The highest BCUT2D eigenvalue weighted by Crippen LogP contribution is 2.18. The minimum atomic E-state index is -0.629. The van der Waals surface area contributed by atoms with E-state index in [4.69, 9.17) is 4.74 Å². The highest BCUT2D eigenvalue weighted by molar-refractivity contribution is 5.92. The summed E-state index contributed by atoms with van der Waals surface area (Å²) in [6, 6.07) is 1.79. The number of nitrogens with one attached hydrogen (secondary N) is 1. The maximum absolute atomic E-state index is 12.3. The summed E-state index contributed by atoms with van der Waals surface area (Å²) in [6.45, 7) is 6.62. The van der Waals surface area contributed by atoms with E-state index in [0.717, 1.165) is 18.5 Å². The average Bonchev–Trinajstić information content (AvgIpc) is 2.97. The lowest BCUT2D eigenvalue weighted by Crippen LogP contribution is -2.31. The number of aryl methyl sites for hydroxylation is 1. The van der Waals surface area contributed by atoms with Gasteiger partial charge in [-0.25, -0.2) is 0 Å². The molecule has 20 heavy (non-hydrogen) atoms. The Morgan fingerprint density at radius 2 is 2.35 bits per heavy atom. The van der Waals surface area contributed by atoms with Crippen molar-refractivity contribution in [1.29, 1.82) is 0 Å². The van der Waals surface area contributed by atoms with Crippen LogP contribution in [0.5, 0.6) is 0 Å². The second-order valence-electron chi connectivity index (χ2n) is 5.53. The van der Waals surface area contributed by atoms with Gasteiger partial charge < -0.3 is 14.7 Å². The van der Waals surface area contributed by atoms with Gasteiger partial charge in [0.1, 0.15) is 11.8 Å². The molecule has 1 amide bonds. The van der Waals surface area contributed by atoms with Crippen molar-refractivity contribution >= 4 is 5.91 Å². The van der Waals surface area contributed by atoms with Crippen molar-refractivity contribution < 1.29 is 14.6 Å². The van der Waals surface area contributed by atoms with E-state index >= 15 is 0 Å². The lowest BCUT2D eigenvalue weighted by atomic mass is 10.2. The zero-order valence-electron chi connectivity index (χ0n) is 12.3. The Morgan fingerprint density at radius 3 is 3.00 bits per heavy atom. The van der Waals surface area contributed by atoms with Gasteiger partial charge >= 0.3 is 0 Å². The summed E-state index contributed by atoms with van der Waals surface area (Å²) in [4.78, 5) is 13.9. The molecule has 2 N–H and O–H groups in total. The fourth-order valence-electron chi connectivity index (χ4n) is 2.44. The van der Waals surface area contributed by atoms with Gasteiger partial charge in [0, 0.05) is 18.8 Å². The van der Waals surface area contributed by atoms with Crippen LogP contribution >= 0.6 is 0 Å². The van der Waals surface area contributed by atoms with E-state index in [2.05, 4.69) is 17.1 Å². The van der Waals surface area contributed by atoms with Crippen molar-refractivity contribution in [2.24, 2.45) is 0 Å². The lowest BCUT2D eigenvalue weighted by Gasteiger charge is -2.17. The molecule has 1 saturated heterocycles. The van der Waals surface area contributed by atoms with Crippen LogP contribution in [0.25, 0.3) is 0 Å². The van der Waals surface area contributed by atoms with Gasteiger partial charge in [0.15, 0.2) is 0 Å². The van der Waals surface area contributed by atoms with Crippen LogP contribution in [0, 0.1) is 0 Å². The second kappa shape index (κ2) is 6.37. The first-order valence-corrected chi connectivity index (χ1v) is 7.18. The first-order chi connectivity index (χ1) is 9.51. The zero-order valence-corrected chi connectivity index (χ0v) is 12.3. The molecule has 2 atom stereocenters. The van der Waals surface area contributed by atoms with Gasteiger partial charge in [0.2, 0.25) is 0 Å². The Hall–Kier alpha value is -1.40. The molecule has 2 rings (SSSR count). The maximum atomic E-state index is 12.3. The van der Waals surface area contributed by atoms with Crippen molar-refractivity contribution in [3.05, 3.63) is 17.5 Å². The van der Waals surface area contributed by atoms with Gasteiger partial charge in [-0.05, 0) is 26.3 Å². The number of amides is 1. The summed E-state index contributed by atoms with van der Waals surface area (Å²) in [5, 5.41) is 16.9. The predicted molar refractivity (Wildman–Crippen MR) is 74.5 cm³/mol. The van der Waals surface area contributed by atoms with Crippen molar-refractivity contribution in [2.75, 3.05) is 13.1 Å². The summed E-state index contributed by atoms with van der Waals surface area (Å²) in [5.41, 5.74) is 1.37. The molecule has 0 saturated carbocycles. The van der Waals surface area contributed by atoms with Crippen LogP contribution in [0.3, 0.4) is 0 Å². The third kappa shape index (κ3) is 3.37. The maximum Gasteiger partial charge on any atom is 0.274 e. The Balaban J connectivity index is 1.99. The Kier molecular flexibility index (Phi) is 4.77. The third-order valence-electron chi connectivity index (χ3n) is 3.34. The van der Waals surface area contributed by atoms with Crippen LogP contribution in [0.15, 0.2) is 6.07 Å². The quantitative estimate of drug-likeness (QED) is 0.843. The number of aromatic amines is 1. The molecule has 6 nitrogen and oxygen atoms in total. The van der Waals surface area contributed by atoms with E-state index in [0.29, 0.717) is 18.8 Å². The predicted octanol–water partition coefficient (Wildman–Crippen LogP) is 0.972. The summed E-state index contributed by atoms with van der Waals surface area (Å²) in [6.07, 6.45) is 0.972. The number of aliphatic hydroxyl groups is 1. The highest BCUT2D eigenvalue weighted by atomic mass is 16.5. The number of rotatable bonds is 5. The fourth-order valence-corrected chi connectivity index (χ4v) is 2.44. The monoisotopic (exact) mass is 281 g/mol. The van der Waals surface area contributed by atoms with Crippen LogP contribution in [0.1, 0.15) is 43.4 Å². The fraction of sp³-hybridized carbons (Fsp3) is 0.714. The van der Waals surface area contributed by atoms with E-state index in [1.807, 2.05) is 13.8 Å². The van der Waals surface area contributed by atoms with E-state index in [-0.39, 0.29) is 18.1 Å². The third-order valence-corrected chi connectivity index (χ3v) is 3.34. The molecule has 1 fully saturated rings. The van der Waals surface area contributed by atoms with Gasteiger partial charge in [0.05, 0.1) is 12.2 Å². The van der Waals surface area contributed by atoms with Gasteiger partial charge in [-0.15, -0.1) is 0 Å². The molecule has 1 aromatic heterocycles. The first-order valence-electron chi connectivity index (χ1n) is 7.18. The van der Waals surface area contributed by atoms with Crippen LogP contribution in [0.4, 0.5) is 0 Å². The number of H-pyrrole nitrogens is 1. The number of carbonyl (C=O) groups is 1. The van der Waals surface area contributed by atoms with E-state index in [1.165, 1.54) is 0 Å². The van der Waals surface area contributed by atoms with Crippen molar-refractivity contribution in [3.63, 3.8) is 0 Å². The van der Waals surface area contributed by atoms with Crippen LogP contribution in [-0.4, -0.2) is 57.5 Å². The number of aromatic nitrogens is 2. The van der Waals surface area contributed by atoms with Crippen LogP contribution < -0.4 is 0 Å². The molecule has 0 aliphatic carbocycles. The van der Waals surface area contributed by atoms with Crippen molar-refractivity contribution in [1.82, 2.24) is 15.1 Å². The number of β-amino-alcohol motifs (C(OH)–C–C–N with tert-alkyl or cyclic N) is 1. The molecular formula is C14H23N3O3. The number of carbonyl (C=O) groups excluding carboxylic acids is 1. The minimum Gasteiger partial charge on any atom is -0.388 e. The van der Waals surface area contributed by atoms with E-state index in [1.54, 1.807) is 11.0 Å². The smallest absolute Gasteiger partial charge is 0.274 e.